The molecule has 1 unspecified atom stereocenters. The van der Waals surface area contributed by atoms with Crippen molar-refractivity contribution >= 4 is 11.7 Å². The lowest BCUT2D eigenvalue weighted by molar-refractivity contribution is -0.173. The zero-order valence-electron chi connectivity index (χ0n) is 20.5. The van der Waals surface area contributed by atoms with Gasteiger partial charge in [-0.1, -0.05) is 18.2 Å². The summed E-state index contributed by atoms with van der Waals surface area (Å²) in [6, 6.07) is 11.0. The van der Waals surface area contributed by atoms with Gasteiger partial charge in [0.1, 0.15) is 5.82 Å². The first kappa shape index (κ1) is 24.9. The van der Waals surface area contributed by atoms with Crippen LogP contribution in [0.2, 0.25) is 0 Å². The number of likely N-dealkylation sites (tertiary alicyclic amines) is 1. The van der Waals surface area contributed by atoms with Crippen LogP contribution in [-0.4, -0.2) is 60.1 Å². The van der Waals surface area contributed by atoms with Crippen LogP contribution in [0.25, 0.3) is 11.3 Å². The number of hydrogen-bond acceptors (Lipinski definition) is 6. The number of hydrogen-bond donors (Lipinski definition) is 2. The molecule has 3 atom stereocenters. The maximum atomic E-state index is 14.1. The molecule has 3 N–H and O–H groups in total. The number of carbonyl (C=O) groups is 1. The van der Waals surface area contributed by atoms with Crippen LogP contribution in [-0.2, 0) is 0 Å². The van der Waals surface area contributed by atoms with E-state index in [1.54, 1.807) is 53.4 Å². The van der Waals surface area contributed by atoms with Gasteiger partial charge in [-0.25, -0.2) is 4.68 Å². The first-order chi connectivity index (χ1) is 17.7. The molecule has 0 saturated carbocycles. The monoisotopic (exact) mass is 515 g/mol. The molecule has 37 heavy (non-hydrogen) atoms. The van der Waals surface area contributed by atoms with Gasteiger partial charge in [-0.2, -0.15) is 18.3 Å². The summed E-state index contributed by atoms with van der Waals surface area (Å²) < 4.78 is 53.9. The van der Waals surface area contributed by atoms with Crippen LogP contribution in [0, 0.1) is 0 Å². The fraction of sp³-hybridized carbons (Fsp3) is 0.385. The molecule has 1 fully saturated rings. The van der Waals surface area contributed by atoms with Gasteiger partial charge in [0.25, 0.3) is 5.91 Å². The third-order valence-electron chi connectivity index (χ3n) is 6.94. The van der Waals surface area contributed by atoms with Crippen molar-refractivity contribution in [1.29, 1.82) is 0 Å². The van der Waals surface area contributed by atoms with Crippen molar-refractivity contribution in [3.05, 3.63) is 59.7 Å². The van der Waals surface area contributed by atoms with Crippen LogP contribution in [0.5, 0.6) is 11.5 Å². The molecule has 8 nitrogen and oxygen atoms in total. The fourth-order valence-corrected chi connectivity index (χ4v) is 4.94. The minimum absolute atomic E-state index is 0.0167. The number of aromatic nitrogens is 2. The Morgan fingerprint density at radius 1 is 1.08 bits per heavy atom. The molecule has 196 valence electrons. The summed E-state index contributed by atoms with van der Waals surface area (Å²) in [5.74, 6) is 1.08. The Morgan fingerprint density at radius 2 is 1.81 bits per heavy atom. The molecule has 3 heterocycles. The van der Waals surface area contributed by atoms with Crippen molar-refractivity contribution in [1.82, 2.24) is 14.7 Å². The van der Waals surface area contributed by atoms with Gasteiger partial charge in [0.15, 0.2) is 17.5 Å². The molecule has 3 aromatic rings. The van der Waals surface area contributed by atoms with Gasteiger partial charge in [0, 0.05) is 42.7 Å². The predicted molar refractivity (Wildman–Crippen MR) is 132 cm³/mol. The largest absolute Gasteiger partial charge is 0.493 e. The molecule has 11 heteroatoms. The van der Waals surface area contributed by atoms with E-state index in [2.05, 4.69) is 10.4 Å². The van der Waals surface area contributed by atoms with Crippen molar-refractivity contribution in [2.24, 2.45) is 5.73 Å². The van der Waals surface area contributed by atoms with Crippen LogP contribution in [0.15, 0.2) is 48.5 Å². The zero-order chi connectivity index (χ0) is 26.3. The normalized spacial score (nSPS) is 21.4. The standard InChI is InChI=1S/C26H28F3N5O3/c1-36-21-8-7-17(11-22(21)37-2)19-12-23(26(27,28)29)34-24(31-19)13-20(32-34)15-3-5-16(6-4-15)25(35)33-10-9-18(30)14-33/h3-8,11,13,18-19,23,31H,9-10,12,14,30H2,1-2H3/t18?,19-,23+/m0/s1. The summed E-state index contributed by atoms with van der Waals surface area (Å²) in [4.78, 5) is 14.4. The van der Waals surface area contributed by atoms with Gasteiger partial charge in [-0.05, 0) is 36.2 Å². The van der Waals surface area contributed by atoms with Gasteiger partial charge < -0.3 is 25.4 Å². The molecule has 0 radical (unpaired) electrons. The lowest BCUT2D eigenvalue weighted by atomic mass is 9.96. The SMILES string of the molecule is COc1ccc([C@@H]2C[C@H](C(F)(F)F)n3nc(-c4ccc(C(=O)N5CCC(N)C5)cc4)cc3N2)cc1OC. The van der Waals surface area contributed by atoms with Gasteiger partial charge >= 0.3 is 6.18 Å². The summed E-state index contributed by atoms with van der Waals surface area (Å²) in [5, 5.41) is 7.49. The number of rotatable bonds is 5. The van der Waals surface area contributed by atoms with E-state index < -0.39 is 18.3 Å². The highest BCUT2D eigenvalue weighted by Gasteiger charge is 2.46. The van der Waals surface area contributed by atoms with Crippen LogP contribution in [0.3, 0.4) is 0 Å². The molecule has 1 saturated heterocycles. The number of nitrogens with zero attached hydrogens (tertiary/aromatic N) is 3. The number of halogens is 3. The third kappa shape index (κ3) is 4.83. The van der Waals surface area contributed by atoms with Crippen LogP contribution >= 0.6 is 0 Å². The number of amides is 1. The van der Waals surface area contributed by atoms with E-state index in [9.17, 15) is 18.0 Å². The number of carbonyl (C=O) groups excluding carboxylic acids is 1. The van der Waals surface area contributed by atoms with Gasteiger partial charge in [0.05, 0.1) is 26.0 Å². The Balaban J connectivity index is 1.43. The van der Waals surface area contributed by atoms with Crippen molar-refractivity contribution in [3.63, 3.8) is 0 Å². The minimum atomic E-state index is -4.50. The van der Waals surface area contributed by atoms with Crippen LogP contribution in [0.4, 0.5) is 19.0 Å². The summed E-state index contributed by atoms with van der Waals surface area (Å²) in [7, 11) is 2.98. The van der Waals surface area contributed by atoms with E-state index in [0.717, 1.165) is 11.1 Å². The molecule has 0 spiro atoms. The molecule has 0 aliphatic carbocycles. The van der Waals surface area contributed by atoms with E-state index in [1.165, 1.54) is 14.2 Å². The van der Waals surface area contributed by atoms with Crippen molar-refractivity contribution in [2.75, 3.05) is 32.6 Å². The van der Waals surface area contributed by atoms with E-state index in [-0.39, 0.29) is 24.2 Å². The van der Waals surface area contributed by atoms with Crippen LogP contribution in [0.1, 0.15) is 40.8 Å². The fourth-order valence-electron chi connectivity index (χ4n) is 4.94. The summed E-state index contributed by atoms with van der Waals surface area (Å²) in [6.45, 7) is 1.13. The Hall–Kier alpha value is -3.73. The number of methoxy groups -OCH3 is 2. The third-order valence-corrected chi connectivity index (χ3v) is 6.94. The van der Waals surface area contributed by atoms with Gasteiger partial charge in [-0.3, -0.25) is 4.79 Å². The van der Waals surface area contributed by atoms with E-state index in [4.69, 9.17) is 15.2 Å². The average molecular weight is 516 g/mol. The van der Waals surface area contributed by atoms with Crippen molar-refractivity contribution in [2.45, 2.75) is 37.1 Å². The second-order valence-electron chi connectivity index (χ2n) is 9.34. The average Bonchev–Trinajstić information content (AvgIpc) is 3.53. The molecular formula is C26H28F3N5O3. The quantitative estimate of drug-likeness (QED) is 0.523. The molecule has 2 aromatic carbocycles. The van der Waals surface area contributed by atoms with E-state index in [1.807, 2.05) is 0 Å². The molecule has 2 aliphatic rings. The maximum absolute atomic E-state index is 14.1. The first-order valence-corrected chi connectivity index (χ1v) is 12.0. The van der Waals surface area contributed by atoms with E-state index >= 15 is 0 Å². The maximum Gasteiger partial charge on any atom is 0.410 e. The van der Waals surface area contributed by atoms with Crippen LogP contribution < -0.4 is 20.5 Å². The number of nitrogens with two attached hydrogens (primary N) is 1. The number of benzene rings is 2. The van der Waals surface area contributed by atoms with Gasteiger partial charge in [-0.15, -0.1) is 0 Å². The second-order valence-corrected chi connectivity index (χ2v) is 9.34. The molecule has 1 amide bonds. The number of fused-ring (bicyclic) bond motifs is 1. The Morgan fingerprint density at radius 3 is 2.43 bits per heavy atom. The number of ether oxygens (including phenoxy) is 2. The zero-order valence-corrected chi connectivity index (χ0v) is 20.5. The van der Waals surface area contributed by atoms with E-state index in [0.29, 0.717) is 47.0 Å². The Bertz CT molecular complexity index is 1290. The highest BCUT2D eigenvalue weighted by Crippen LogP contribution is 2.45. The first-order valence-electron chi connectivity index (χ1n) is 12.0. The Labute approximate surface area is 212 Å². The number of anilines is 1. The van der Waals surface area contributed by atoms with Crippen molar-refractivity contribution < 1.29 is 27.4 Å². The molecule has 2 aliphatic heterocycles. The number of alkyl halides is 3. The lowest BCUT2D eigenvalue weighted by Crippen LogP contribution is -2.35. The molecule has 5 rings (SSSR count). The Kier molecular flexibility index (Phi) is 6.49. The predicted octanol–water partition coefficient (Wildman–Crippen LogP) is 4.40. The minimum Gasteiger partial charge on any atom is -0.493 e. The molecular weight excluding hydrogens is 487 g/mol. The topological polar surface area (TPSA) is 94.6 Å². The summed E-state index contributed by atoms with van der Waals surface area (Å²) in [5.41, 5.74) is 8.04. The number of nitrogens with one attached hydrogen (secondary N) is 1. The molecule has 1 aromatic heterocycles. The molecule has 0 bridgehead atoms. The van der Waals surface area contributed by atoms with Gasteiger partial charge in [0.2, 0.25) is 0 Å². The highest BCUT2D eigenvalue weighted by atomic mass is 19.4. The van der Waals surface area contributed by atoms with Crippen molar-refractivity contribution in [3.8, 4) is 22.8 Å². The second kappa shape index (κ2) is 9.62. The lowest BCUT2D eigenvalue weighted by Gasteiger charge is -2.33. The summed E-state index contributed by atoms with van der Waals surface area (Å²) >= 11 is 0. The summed E-state index contributed by atoms with van der Waals surface area (Å²) in [6.07, 6.45) is -3.97. The highest BCUT2D eigenvalue weighted by molar-refractivity contribution is 5.95. The smallest absolute Gasteiger partial charge is 0.410 e.